The van der Waals surface area contributed by atoms with Crippen LogP contribution in [0.4, 0.5) is 5.69 Å². The van der Waals surface area contributed by atoms with Crippen LogP contribution >= 0.6 is 24.0 Å². The van der Waals surface area contributed by atoms with Crippen LogP contribution in [0.1, 0.15) is 45.5 Å². The molecule has 1 saturated heterocycles. The lowest BCUT2D eigenvalue weighted by molar-refractivity contribution is -0.950. The first-order chi connectivity index (χ1) is 16.6. The first kappa shape index (κ1) is 26.1. The molecule has 35 heavy (non-hydrogen) atoms. The van der Waals surface area contributed by atoms with E-state index in [4.69, 9.17) is 17.2 Å². The summed E-state index contributed by atoms with van der Waals surface area (Å²) < 4.78 is 2.95. The second kappa shape index (κ2) is 10.6. The number of quaternary nitrogens is 2. The van der Waals surface area contributed by atoms with Crippen molar-refractivity contribution in [2.45, 2.75) is 51.0 Å². The van der Waals surface area contributed by atoms with Gasteiger partial charge in [0.15, 0.2) is 0 Å². The second-order valence-corrected chi connectivity index (χ2v) is 12.3. The van der Waals surface area contributed by atoms with Crippen molar-refractivity contribution in [3.63, 3.8) is 0 Å². The van der Waals surface area contributed by atoms with E-state index in [1.54, 1.807) is 0 Å². The smallest absolute Gasteiger partial charge is 0.274 e. The van der Waals surface area contributed by atoms with Gasteiger partial charge in [0.25, 0.3) is 5.11 Å². The summed E-state index contributed by atoms with van der Waals surface area (Å²) in [6.07, 6.45) is 1.10. The molecular weight excluding hydrogens is 474 g/mol. The van der Waals surface area contributed by atoms with Crippen LogP contribution in [0.15, 0.2) is 47.4 Å². The highest BCUT2D eigenvalue weighted by Crippen LogP contribution is 2.35. The number of aromatic nitrogens is 2. The van der Waals surface area contributed by atoms with E-state index in [0.29, 0.717) is 22.6 Å². The maximum atomic E-state index is 11.8. The Kier molecular flexibility index (Phi) is 7.88. The van der Waals surface area contributed by atoms with Crippen molar-refractivity contribution in [2.75, 3.05) is 44.3 Å². The van der Waals surface area contributed by atoms with E-state index in [1.165, 1.54) is 10.5 Å². The zero-order chi connectivity index (χ0) is 25.2. The number of fused-ring (bicyclic) bond motifs is 1. The lowest BCUT2D eigenvalue weighted by Crippen LogP contribution is -3.11. The monoisotopic (exact) mass is 512 g/mol. The number of rotatable bonds is 6. The predicted octanol–water partition coefficient (Wildman–Crippen LogP) is 4.42. The van der Waals surface area contributed by atoms with Crippen molar-refractivity contribution in [1.82, 2.24) is 9.55 Å². The van der Waals surface area contributed by atoms with Crippen LogP contribution in [0.5, 0.6) is 0 Å². The Bertz CT molecular complexity index is 1180. The van der Waals surface area contributed by atoms with Gasteiger partial charge in [-0.25, -0.2) is 4.98 Å². The molecule has 4 rings (SSSR count). The Morgan fingerprint density at radius 1 is 1.20 bits per heavy atom. The van der Waals surface area contributed by atoms with Gasteiger partial charge in [-0.1, -0.05) is 58.0 Å². The van der Waals surface area contributed by atoms with Gasteiger partial charge in [-0.2, -0.15) is 0 Å². The Morgan fingerprint density at radius 2 is 1.89 bits per heavy atom. The summed E-state index contributed by atoms with van der Waals surface area (Å²) in [6.45, 7) is 12.3. The summed E-state index contributed by atoms with van der Waals surface area (Å²) in [5.41, 5.74) is 4.33. The summed E-state index contributed by atoms with van der Waals surface area (Å²) >= 11 is 7.77. The number of imidazole rings is 1. The summed E-state index contributed by atoms with van der Waals surface area (Å²) in [5, 5.41) is 16.6. The lowest BCUT2D eigenvalue weighted by Gasteiger charge is -2.40. The first-order valence-corrected chi connectivity index (χ1v) is 13.9. The van der Waals surface area contributed by atoms with E-state index in [-0.39, 0.29) is 5.41 Å². The van der Waals surface area contributed by atoms with Crippen molar-refractivity contribution in [1.29, 1.82) is 0 Å². The van der Waals surface area contributed by atoms with Gasteiger partial charge in [0.2, 0.25) is 0 Å². The molecule has 1 aliphatic rings. The minimum atomic E-state index is -0.0909. The van der Waals surface area contributed by atoms with E-state index in [9.17, 15) is 5.21 Å². The molecule has 0 saturated carbocycles. The van der Waals surface area contributed by atoms with Gasteiger partial charge in [0, 0.05) is 29.1 Å². The van der Waals surface area contributed by atoms with Gasteiger partial charge < -0.3 is 20.2 Å². The molecule has 6 nitrogen and oxygen atoms in total. The number of benzene rings is 2. The Balaban J connectivity index is 1.78. The largest absolute Gasteiger partial charge is 0.634 e. The quantitative estimate of drug-likeness (QED) is 0.222. The average molecular weight is 513 g/mol. The molecule has 2 heterocycles. The molecule has 1 fully saturated rings. The third-order valence-corrected chi connectivity index (χ3v) is 8.47. The standard InChI is InChI=1S/C27H37N5OS2/c1-6-16-35-24-18-21-23(17-22(24)29-26(34)32(5)14-12-30(33)13-15-32)31(25(28-21)27(2,3)4)19-20-10-8-7-9-11-20/h7-11,17-18,30H,6,12-16,19H2,1-5H3/p+1. The van der Waals surface area contributed by atoms with Crippen LogP contribution in [0, 0.1) is 5.21 Å². The van der Waals surface area contributed by atoms with E-state index in [2.05, 4.69) is 87.1 Å². The Hall–Kier alpha value is -1.97. The van der Waals surface area contributed by atoms with E-state index < -0.39 is 0 Å². The minimum absolute atomic E-state index is 0.0909. The number of nitrogens with zero attached hydrogens (tertiary/aromatic N) is 3. The van der Waals surface area contributed by atoms with Crippen molar-refractivity contribution in [2.24, 2.45) is 0 Å². The lowest BCUT2D eigenvalue weighted by atomic mass is 9.95. The van der Waals surface area contributed by atoms with Crippen LogP contribution in [0.3, 0.4) is 0 Å². The normalized spacial score (nSPS) is 20.8. The number of likely N-dealkylation sites (N-methyl/N-ethyl adjacent to an activating group) is 1. The predicted molar refractivity (Wildman–Crippen MR) is 151 cm³/mol. The van der Waals surface area contributed by atoms with Gasteiger partial charge >= 0.3 is 0 Å². The molecule has 2 aromatic carbocycles. The fraction of sp³-hybridized carbons (Fsp3) is 0.481. The van der Waals surface area contributed by atoms with Crippen LogP contribution in [-0.2, 0) is 12.0 Å². The summed E-state index contributed by atoms with van der Waals surface area (Å²) in [4.78, 5) is 6.30. The van der Waals surface area contributed by atoms with Crippen LogP contribution in [0.25, 0.3) is 11.0 Å². The molecule has 0 radical (unpaired) electrons. The molecule has 188 valence electrons. The summed E-state index contributed by atoms with van der Waals surface area (Å²) in [6, 6.07) is 15.0. The highest BCUT2D eigenvalue weighted by atomic mass is 32.2. The van der Waals surface area contributed by atoms with E-state index in [0.717, 1.165) is 59.5 Å². The van der Waals surface area contributed by atoms with Crippen LogP contribution in [0.2, 0.25) is 0 Å². The van der Waals surface area contributed by atoms with Gasteiger partial charge in [-0.05, 0) is 29.9 Å². The SMILES string of the molecule is CCCSc1cc2nc(C(C)(C)C)n(Cc3ccccc3)c2cc1NC(=S)[N+]1(C)CC[NH+]([O-])CC1. The van der Waals surface area contributed by atoms with Crippen molar-refractivity contribution in [3.05, 3.63) is 59.1 Å². The number of nitrogens with one attached hydrogen (secondary N) is 2. The van der Waals surface area contributed by atoms with Crippen molar-refractivity contribution >= 4 is 45.8 Å². The number of anilines is 1. The van der Waals surface area contributed by atoms with E-state index in [1.807, 2.05) is 11.8 Å². The number of thioether (sulfide) groups is 1. The highest BCUT2D eigenvalue weighted by Gasteiger charge is 2.34. The third-order valence-electron chi connectivity index (χ3n) is 6.67. The topological polar surface area (TPSA) is 57.3 Å². The minimum Gasteiger partial charge on any atom is -0.634 e. The molecule has 8 heteroatoms. The molecule has 2 N–H and O–H groups in total. The molecule has 0 unspecified atom stereocenters. The zero-order valence-corrected chi connectivity index (χ0v) is 23.2. The molecule has 0 bridgehead atoms. The first-order valence-electron chi connectivity index (χ1n) is 12.5. The van der Waals surface area contributed by atoms with Gasteiger partial charge in [-0.3, -0.25) is 4.48 Å². The third kappa shape index (κ3) is 5.89. The number of hydroxylamine groups is 2. The molecule has 0 spiro atoms. The van der Waals surface area contributed by atoms with Crippen LogP contribution in [-0.4, -0.2) is 58.1 Å². The molecule has 1 aromatic heterocycles. The van der Waals surface area contributed by atoms with Crippen LogP contribution < -0.4 is 10.4 Å². The molecule has 1 aliphatic heterocycles. The van der Waals surface area contributed by atoms with E-state index >= 15 is 0 Å². The van der Waals surface area contributed by atoms with Gasteiger partial charge in [0.1, 0.15) is 32.0 Å². The maximum absolute atomic E-state index is 11.8. The Morgan fingerprint density at radius 3 is 2.51 bits per heavy atom. The van der Waals surface area contributed by atoms with Crippen molar-refractivity contribution in [3.8, 4) is 0 Å². The molecule has 0 amide bonds. The van der Waals surface area contributed by atoms with Crippen molar-refractivity contribution < 1.29 is 9.55 Å². The number of thiocarbonyl (C=S) groups is 1. The molecule has 0 atom stereocenters. The van der Waals surface area contributed by atoms with Gasteiger partial charge in [0.05, 0.1) is 23.8 Å². The molecular formula is C27H38N5OS2+. The fourth-order valence-electron chi connectivity index (χ4n) is 4.51. The summed E-state index contributed by atoms with van der Waals surface area (Å²) in [5.74, 6) is 2.11. The zero-order valence-electron chi connectivity index (χ0n) is 21.6. The summed E-state index contributed by atoms with van der Waals surface area (Å²) in [7, 11) is 2.14. The molecule has 0 aliphatic carbocycles. The maximum Gasteiger partial charge on any atom is 0.274 e. The fourth-order valence-corrected chi connectivity index (χ4v) is 5.69. The second-order valence-electron chi connectivity index (χ2n) is 10.8. The van der Waals surface area contributed by atoms with Gasteiger partial charge in [-0.15, -0.1) is 11.8 Å². The number of hydrogen-bond acceptors (Lipinski definition) is 4. The highest BCUT2D eigenvalue weighted by molar-refractivity contribution is 7.99. The number of hydrogen-bond donors (Lipinski definition) is 2. The average Bonchev–Trinajstić information content (AvgIpc) is 3.18. The Labute approximate surface area is 218 Å². The number of piperazine rings is 1. The molecule has 3 aromatic rings.